The number of benzene rings is 2. The number of hydrogen-bond donors (Lipinski definition) is 2. The van der Waals surface area contributed by atoms with Crippen molar-refractivity contribution in [2.45, 2.75) is 18.9 Å². The van der Waals surface area contributed by atoms with Gasteiger partial charge in [-0.3, -0.25) is 9.51 Å². The molecule has 9 heteroatoms. The van der Waals surface area contributed by atoms with E-state index in [-0.39, 0.29) is 12.7 Å². The zero-order valence-corrected chi connectivity index (χ0v) is 16.8. The number of β-amino-alcohol motifs (C(OH)–C–C–N with tert-alkyl or cyclic N) is 1. The molecule has 1 saturated heterocycles. The van der Waals surface area contributed by atoms with Crippen molar-refractivity contribution in [1.29, 1.82) is 0 Å². The summed E-state index contributed by atoms with van der Waals surface area (Å²) in [4.78, 5) is 16.1. The van der Waals surface area contributed by atoms with E-state index in [1.807, 2.05) is 36.4 Å². The summed E-state index contributed by atoms with van der Waals surface area (Å²) in [6, 6.07) is 13.2. The summed E-state index contributed by atoms with van der Waals surface area (Å²) < 4.78 is 16.4. The summed E-state index contributed by atoms with van der Waals surface area (Å²) in [7, 11) is 0. The Morgan fingerprint density at radius 3 is 2.74 bits per heavy atom. The molecular weight excluding hydrogens is 400 g/mol. The van der Waals surface area contributed by atoms with Crippen molar-refractivity contribution in [3.8, 4) is 28.5 Å². The lowest BCUT2D eigenvalue weighted by Gasteiger charge is -2.31. The molecule has 0 amide bonds. The van der Waals surface area contributed by atoms with Crippen LogP contribution in [0.1, 0.15) is 12.8 Å². The number of H-pyrrole nitrogens is 1. The maximum Gasteiger partial charge on any atom is 0.439 e. The molecule has 4 aromatic rings. The Morgan fingerprint density at radius 2 is 1.97 bits per heavy atom. The average Bonchev–Trinajstić information content (AvgIpc) is 3.41. The zero-order valence-electron chi connectivity index (χ0n) is 16.8. The quantitative estimate of drug-likeness (QED) is 0.487. The van der Waals surface area contributed by atoms with Gasteiger partial charge in [-0.1, -0.05) is 22.4 Å². The second kappa shape index (κ2) is 8.37. The van der Waals surface area contributed by atoms with E-state index in [0.717, 1.165) is 42.6 Å². The Labute approximate surface area is 177 Å². The van der Waals surface area contributed by atoms with E-state index in [1.165, 1.54) is 0 Å². The van der Waals surface area contributed by atoms with Crippen molar-refractivity contribution in [3.63, 3.8) is 0 Å². The molecule has 1 aliphatic heterocycles. The highest BCUT2D eigenvalue weighted by Crippen LogP contribution is 2.33. The summed E-state index contributed by atoms with van der Waals surface area (Å²) in [6.45, 7) is 2.74. The molecule has 3 heterocycles. The van der Waals surface area contributed by atoms with Gasteiger partial charge in [0, 0.05) is 30.8 Å². The molecule has 1 aliphatic rings. The van der Waals surface area contributed by atoms with Gasteiger partial charge in [0.05, 0.1) is 12.0 Å². The number of likely N-dealkylation sites (tertiary alicyclic amines) is 1. The van der Waals surface area contributed by atoms with Gasteiger partial charge in [-0.15, -0.1) is 0 Å². The Morgan fingerprint density at radius 1 is 1.10 bits per heavy atom. The van der Waals surface area contributed by atoms with Crippen LogP contribution in [0, 0.1) is 0 Å². The minimum atomic E-state index is -0.604. The standard InChI is InChI=1S/C22H22N4O5/c27-11-10-26-8-6-16(7-9-26)29-17-3-1-2-14(12-17)20-18-13-15(4-5-19(18)24-30-20)21-23-22(28)31-25-21/h1-5,12-13,16,27H,6-11H2,(H,23,25,28). The van der Waals surface area contributed by atoms with E-state index in [4.69, 9.17) is 14.4 Å². The van der Waals surface area contributed by atoms with Gasteiger partial charge in [0.2, 0.25) is 0 Å². The summed E-state index contributed by atoms with van der Waals surface area (Å²) in [5.41, 5.74) is 2.25. The van der Waals surface area contributed by atoms with Crippen molar-refractivity contribution >= 4 is 10.9 Å². The van der Waals surface area contributed by atoms with Crippen LogP contribution < -0.4 is 10.5 Å². The lowest BCUT2D eigenvalue weighted by Crippen LogP contribution is -2.39. The number of aromatic amines is 1. The van der Waals surface area contributed by atoms with E-state index in [0.29, 0.717) is 29.2 Å². The number of piperidine rings is 1. The number of aromatic nitrogens is 3. The van der Waals surface area contributed by atoms with Crippen LogP contribution in [-0.2, 0) is 0 Å². The van der Waals surface area contributed by atoms with Gasteiger partial charge in [-0.2, -0.15) is 0 Å². The molecule has 0 unspecified atom stereocenters. The van der Waals surface area contributed by atoms with Crippen LogP contribution >= 0.6 is 0 Å². The first kappa shape index (κ1) is 19.5. The number of nitrogens with zero attached hydrogens (tertiary/aromatic N) is 3. The molecule has 0 aliphatic carbocycles. The fourth-order valence-electron chi connectivity index (χ4n) is 3.95. The molecule has 0 radical (unpaired) electrons. The summed E-state index contributed by atoms with van der Waals surface area (Å²) in [6.07, 6.45) is 2.00. The van der Waals surface area contributed by atoms with Crippen molar-refractivity contribution < 1.29 is 18.9 Å². The maximum atomic E-state index is 11.3. The number of fused-ring (bicyclic) bond motifs is 1. The molecular formula is C22H22N4O5. The molecule has 0 atom stereocenters. The van der Waals surface area contributed by atoms with Crippen LogP contribution in [0.15, 0.2) is 56.3 Å². The maximum absolute atomic E-state index is 11.3. The van der Waals surface area contributed by atoms with Gasteiger partial charge in [0.15, 0.2) is 11.6 Å². The first-order chi connectivity index (χ1) is 15.2. The fourth-order valence-corrected chi connectivity index (χ4v) is 3.95. The first-order valence-corrected chi connectivity index (χ1v) is 10.3. The summed E-state index contributed by atoms with van der Waals surface area (Å²) in [5, 5.41) is 17.8. The van der Waals surface area contributed by atoms with Crippen LogP contribution in [0.25, 0.3) is 33.6 Å². The molecule has 31 heavy (non-hydrogen) atoms. The van der Waals surface area contributed by atoms with E-state index in [1.54, 1.807) is 6.07 Å². The van der Waals surface area contributed by atoms with Crippen LogP contribution in [0.2, 0.25) is 0 Å². The van der Waals surface area contributed by atoms with E-state index < -0.39 is 5.76 Å². The molecule has 0 saturated carbocycles. The van der Waals surface area contributed by atoms with Crippen molar-refractivity contribution in [2.75, 3.05) is 26.2 Å². The van der Waals surface area contributed by atoms with Crippen LogP contribution in [0.4, 0.5) is 0 Å². The lowest BCUT2D eigenvalue weighted by atomic mass is 10.1. The molecule has 2 aromatic carbocycles. The lowest BCUT2D eigenvalue weighted by molar-refractivity contribution is 0.0889. The van der Waals surface area contributed by atoms with Crippen LogP contribution in [0.3, 0.4) is 0 Å². The number of ether oxygens (including phenoxy) is 1. The minimum absolute atomic E-state index is 0.146. The summed E-state index contributed by atoms with van der Waals surface area (Å²) in [5.74, 6) is 1.14. The third-order valence-corrected chi connectivity index (χ3v) is 5.54. The minimum Gasteiger partial charge on any atom is -0.490 e. The Hall–Kier alpha value is -3.43. The molecule has 1 fully saturated rings. The Bertz CT molecular complexity index is 1240. The number of hydrogen-bond acceptors (Lipinski definition) is 8. The van der Waals surface area contributed by atoms with E-state index in [2.05, 4.69) is 24.7 Å². The molecule has 9 nitrogen and oxygen atoms in total. The molecule has 2 N–H and O–H groups in total. The van der Waals surface area contributed by atoms with Crippen LogP contribution in [-0.4, -0.2) is 57.6 Å². The molecule has 5 rings (SSSR count). The summed E-state index contributed by atoms with van der Waals surface area (Å²) >= 11 is 0. The average molecular weight is 422 g/mol. The van der Waals surface area contributed by atoms with Gasteiger partial charge in [-0.05, 0) is 43.2 Å². The highest BCUT2D eigenvalue weighted by atomic mass is 16.5. The third kappa shape index (κ3) is 4.10. The van der Waals surface area contributed by atoms with Crippen LogP contribution in [0.5, 0.6) is 5.75 Å². The smallest absolute Gasteiger partial charge is 0.439 e. The number of aliphatic hydroxyl groups excluding tert-OH is 1. The van der Waals surface area contributed by atoms with Gasteiger partial charge in [-0.25, -0.2) is 4.79 Å². The predicted molar refractivity (Wildman–Crippen MR) is 113 cm³/mol. The highest BCUT2D eigenvalue weighted by Gasteiger charge is 2.21. The Balaban J connectivity index is 1.39. The van der Waals surface area contributed by atoms with Crippen molar-refractivity contribution in [1.82, 2.24) is 20.2 Å². The van der Waals surface area contributed by atoms with Gasteiger partial charge in [0.1, 0.15) is 17.4 Å². The highest BCUT2D eigenvalue weighted by molar-refractivity contribution is 5.94. The van der Waals surface area contributed by atoms with Gasteiger partial charge < -0.3 is 19.3 Å². The number of aliphatic hydroxyl groups is 1. The predicted octanol–water partition coefficient (Wildman–Crippen LogP) is 2.67. The molecule has 0 bridgehead atoms. The fraction of sp³-hybridized carbons (Fsp3) is 0.318. The topological polar surface area (TPSA) is 118 Å². The van der Waals surface area contributed by atoms with E-state index in [9.17, 15) is 4.79 Å². The van der Waals surface area contributed by atoms with Gasteiger partial charge >= 0.3 is 5.76 Å². The molecule has 2 aromatic heterocycles. The monoisotopic (exact) mass is 422 g/mol. The van der Waals surface area contributed by atoms with Crippen molar-refractivity contribution in [3.05, 3.63) is 53.0 Å². The SMILES string of the molecule is O=c1[nH]c(-c2ccc3noc(-c4cccc(OC5CCN(CCO)CC5)c4)c3c2)no1. The normalized spacial score (nSPS) is 15.5. The second-order valence-electron chi connectivity index (χ2n) is 7.60. The third-order valence-electron chi connectivity index (χ3n) is 5.54. The molecule has 160 valence electrons. The first-order valence-electron chi connectivity index (χ1n) is 10.3. The largest absolute Gasteiger partial charge is 0.490 e. The Kier molecular flexibility index (Phi) is 5.27. The second-order valence-corrected chi connectivity index (χ2v) is 7.60. The zero-order chi connectivity index (χ0) is 21.2. The van der Waals surface area contributed by atoms with Crippen molar-refractivity contribution in [2.24, 2.45) is 0 Å². The number of rotatable bonds is 6. The van der Waals surface area contributed by atoms with E-state index >= 15 is 0 Å². The molecule has 0 spiro atoms. The van der Waals surface area contributed by atoms with Gasteiger partial charge in [0.25, 0.3) is 0 Å². The number of nitrogens with one attached hydrogen (secondary N) is 1.